The third-order valence-electron chi connectivity index (χ3n) is 3.13. The van der Waals surface area contributed by atoms with Gasteiger partial charge in [0.05, 0.1) is 0 Å². The van der Waals surface area contributed by atoms with E-state index >= 15 is 0 Å². The molecule has 0 bridgehead atoms. The van der Waals surface area contributed by atoms with Crippen molar-refractivity contribution in [2.45, 2.75) is 65.1 Å². The van der Waals surface area contributed by atoms with E-state index in [4.69, 9.17) is 14.9 Å². The van der Waals surface area contributed by atoms with Crippen LogP contribution >= 0.6 is 0 Å². The Morgan fingerprint density at radius 1 is 0.950 bits per heavy atom. The SMILES string of the molecule is CC(C)CCCCCCCOCCCN([O-])CC(O)O. The van der Waals surface area contributed by atoms with Crippen LogP contribution in [0.5, 0.6) is 0 Å². The molecule has 0 unspecified atom stereocenters. The van der Waals surface area contributed by atoms with Crippen LogP contribution in [0.3, 0.4) is 0 Å². The summed E-state index contributed by atoms with van der Waals surface area (Å²) < 4.78 is 5.44. The first-order valence-corrected chi connectivity index (χ1v) is 7.88. The highest BCUT2D eigenvalue weighted by Crippen LogP contribution is 2.10. The van der Waals surface area contributed by atoms with Crippen molar-refractivity contribution in [1.29, 1.82) is 0 Å². The summed E-state index contributed by atoms with van der Waals surface area (Å²) in [6.45, 7) is 5.87. The van der Waals surface area contributed by atoms with Gasteiger partial charge in [-0.1, -0.05) is 46.0 Å². The number of hydrogen-bond acceptors (Lipinski definition) is 5. The second kappa shape index (κ2) is 13.8. The number of ether oxygens (including phenoxy) is 1. The number of unbranched alkanes of at least 4 members (excludes halogenated alkanes) is 4. The van der Waals surface area contributed by atoms with Gasteiger partial charge in [-0.25, -0.2) is 0 Å². The van der Waals surface area contributed by atoms with Gasteiger partial charge < -0.3 is 25.2 Å². The van der Waals surface area contributed by atoms with E-state index < -0.39 is 6.29 Å². The summed E-state index contributed by atoms with van der Waals surface area (Å²) in [6.07, 6.45) is 6.61. The first kappa shape index (κ1) is 19.8. The monoisotopic (exact) mass is 290 g/mol. The highest BCUT2D eigenvalue weighted by Gasteiger charge is 1.99. The first-order chi connectivity index (χ1) is 9.52. The summed E-state index contributed by atoms with van der Waals surface area (Å²) >= 11 is 0. The topological polar surface area (TPSA) is 76.0 Å². The Kier molecular flexibility index (Phi) is 13.6. The molecule has 0 fully saturated rings. The maximum atomic E-state index is 11.1. The molecule has 0 spiro atoms. The van der Waals surface area contributed by atoms with Gasteiger partial charge in [0.15, 0.2) is 6.29 Å². The molecule has 0 heterocycles. The Bertz CT molecular complexity index is 200. The zero-order chi connectivity index (χ0) is 15.2. The predicted molar refractivity (Wildman–Crippen MR) is 81.1 cm³/mol. The molecule has 5 heteroatoms. The van der Waals surface area contributed by atoms with Crippen molar-refractivity contribution in [3.05, 3.63) is 5.21 Å². The van der Waals surface area contributed by atoms with Gasteiger partial charge in [0, 0.05) is 19.8 Å². The minimum Gasteiger partial charge on any atom is -0.785 e. The highest BCUT2D eigenvalue weighted by molar-refractivity contribution is 4.57. The maximum absolute atomic E-state index is 11.1. The summed E-state index contributed by atoms with van der Waals surface area (Å²) in [4.78, 5) is 0. The first-order valence-electron chi connectivity index (χ1n) is 7.88. The molecule has 0 rings (SSSR count). The van der Waals surface area contributed by atoms with Crippen molar-refractivity contribution in [2.75, 3.05) is 26.3 Å². The smallest absolute Gasteiger partial charge is 0.163 e. The summed E-state index contributed by atoms with van der Waals surface area (Å²) in [7, 11) is 0. The fourth-order valence-corrected chi connectivity index (χ4v) is 2.01. The Balaban J connectivity index is 3.10. The standard InChI is InChI=1S/C15H32NO4/c1-14(2)9-6-4-3-5-7-11-20-12-8-10-16(19)13-15(17)18/h14-15,17-18H,3-13H2,1-2H3/q-1. The highest BCUT2D eigenvalue weighted by atomic mass is 16.5. The van der Waals surface area contributed by atoms with Gasteiger partial charge >= 0.3 is 0 Å². The molecule has 0 saturated heterocycles. The molecular formula is C15H32NO4-. The number of aliphatic hydroxyl groups is 2. The Labute approximate surface area is 123 Å². The number of nitrogens with zero attached hydrogens (tertiary/aromatic N) is 1. The van der Waals surface area contributed by atoms with E-state index in [2.05, 4.69) is 13.8 Å². The summed E-state index contributed by atoms with van der Waals surface area (Å²) in [5.41, 5.74) is 0. The van der Waals surface area contributed by atoms with Gasteiger partial charge in [-0.2, -0.15) is 0 Å². The van der Waals surface area contributed by atoms with Gasteiger partial charge in [-0.3, -0.25) is 0 Å². The summed E-state index contributed by atoms with van der Waals surface area (Å²) in [5.74, 6) is 0.811. The van der Waals surface area contributed by atoms with Crippen molar-refractivity contribution in [1.82, 2.24) is 5.06 Å². The number of hydrogen-bond donors (Lipinski definition) is 2. The average Bonchev–Trinajstić information content (AvgIpc) is 2.34. The molecule has 0 aliphatic heterocycles. The van der Waals surface area contributed by atoms with Gasteiger partial charge in [0.25, 0.3) is 0 Å². The second-order valence-corrected chi connectivity index (χ2v) is 5.78. The molecule has 0 atom stereocenters. The zero-order valence-electron chi connectivity index (χ0n) is 13.1. The lowest BCUT2D eigenvalue weighted by atomic mass is 10.0. The van der Waals surface area contributed by atoms with Gasteiger partial charge in [-0.15, -0.1) is 0 Å². The van der Waals surface area contributed by atoms with Gasteiger partial charge in [0.2, 0.25) is 0 Å². The van der Waals surface area contributed by atoms with Crippen LogP contribution in [0, 0.1) is 11.1 Å². The molecule has 0 aromatic carbocycles. The lowest BCUT2D eigenvalue weighted by molar-refractivity contribution is -0.0547. The minimum atomic E-state index is -1.55. The molecule has 0 saturated carbocycles. The fourth-order valence-electron chi connectivity index (χ4n) is 2.01. The summed E-state index contributed by atoms with van der Waals surface area (Å²) in [6, 6.07) is 0. The molecular weight excluding hydrogens is 258 g/mol. The van der Waals surface area contributed by atoms with Crippen LogP contribution in [0.1, 0.15) is 58.8 Å². The Morgan fingerprint density at radius 2 is 1.55 bits per heavy atom. The Morgan fingerprint density at radius 3 is 2.20 bits per heavy atom. The lowest BCUT2D eigenvalue weighted by Crippen LogP contribution is -2.28. The molecule has 0 aliphatic carbocycles. The third kappa shape index (κ3) is 15.9. The van der Waals surface area contributed by atoms with E-state index in [1.54, 1.807) is 0 Å². The molecule has 0 aliphatic rings. The molecule has 122 valence electrons. The number of hydroxylamine groups is 2. The van der Waals surface area contributed by atoms with Crippen LogP contribution in [0.4, 0.5) is 0 Å². The third-order valence-corrected chi connectivity index (χ3v) is 3.13. The Hall–Kier alpha value is -0.200. The largest absolute Gasteiger partial charge is 0.785 e. The summed E-state index contributed by atoms with van der Waals surface area (Å²) in [5, 5.41) is 28.9. The van der Waals surface area contributed by atoms with E-state index in [0.29, 0.717) is 18.1 Å². The van der Waals surface area contributed by atoms with E-state index in [-0.39, 0.29) is 13.1 Å². The van der Waals surface area contributed by atoms with Crippen molar-refractivity contribution >= 4 is 0 Å². The van der Waals surface area contributed by atoms with Crippen LogP contribution in [0.15, 0.2) is 0 Å². The maximum Gasteiger partial charge on any atom is 0.163 e. The fraction of sp³-hybridized carbons (Fsp3) is 1.00. The predicted octanol–water partition coefficient (Wildman–Crippen LogP) is 2.50. The van der Waals surface area contributed by atoms with Crippen molar-refractivity contribution in [2.24, 2.45) is 5.92 Å². The van der Waals surface area contributed by atoms with Crippen molar-refractivity contribution in [3.63, 3.8) is 0 Å². The quantitative estimate of drug-likeness (QED) is 0.292. The zero-order valence-corrected chi connectivity index (χ0v) is 13.1. The van der Waals surface area contributed by atoms with Crippen LogP contribution in [0.2, 0.25) is 0 Å². The normalized spacial score (nSPS) is 12.0. The molecule has 0 aromatic rings. The van der Waals surface area contributed by atoms with E-state index in [9.17, 15) is 5.21 Å². The van der Waals surface area contributed by atoms with Crippen LogP contribution in [0.25, 0.3) is 0 Å². The van der Waals surface area contributed by atoms with E-state index in [0.717, 1.165) is 18.9 Å². The number of aliphatic hydroxyl groups excluding tert-OH is 1. The molecule has 2 N–H and O–H groups in total. The lowest BCUT2D eigenvalue weighted by Gasteiger charge is -2.28. The average molecular weight is 290 g/mol. The van der Waals surface area contributed by atoms with Gasteiger partial charge in [0.1, 0.15) is 0 Å². The van der Waals surface area contributed by atoms with Crippen molar-refractivity contribution in [3.8, 4) is 0 Å². The van der Waals surface area contributed by atoms with E-state index in [1.807, 2.05) is 0 Å². The molecule has 0 radical (unpaired) electrons. The molecule has 20 heavy (non-hydrogen) atoms. The molecule has 0 amide bonds. The second-order valence-electron chi connectivity index (χ2n) is 5.78. The van der Waals surface area contributed by atoms with Crippen LogP contribution < -0.4 is 0 Å². The molecule has 5 nitrogen and oxygen atoms in total. The van der Waals surface area contributed by atoms with Gasteiger partial charge in [-0.05, 0) is 25.3 Å². The van der Waals surface area contributed by atoms with Crippen LogP contribution in [-0.2, 0) is 4.74 Å². The van der Waals surface area contributed by atoms with Crippen molar-refractivity contribution < 1.29 is 14.9 Å². The van der Waals surface area contributed by atoms with E-state index in [1.165, 1.54) is 32.1 Å². The number of rotatable bonds is 14. The minimum absolute atomic E-state index is 0.254. The van der Waals surface area contributed by atoms with Crippen LogP contribution in [-0.4, -0.2) is 47.9 Å². The molecule has 0 aromatic heterocycles.